The summed E-state index contributed by atoms with van der Waals surface area (Å²) in [5.41, 5.74) is 1.58. The first-order chi connectivity index (χ1) is 10.7. The number of carbonyl (C=O) groups excluding carboxylic acids is 1. The van der Waals surface area contributed by atoms with Crippen molar-refractivity contribution in [2.75, 3.05) is 17.2 Å². The highest BCUT2D eigenvalue weighted by atomic mass is 16.5. The molecule has 0 aliphatic heterocycles. The standard InChI is InChI=1S/C16H12N4O2/c17-8-9-22-15-6-4-13(5-7-15)19-16(21)20-14-3-1-2-12(10-14)11-18/h1-7,10H,9H2,(H2,19,20,21). The number of carbonyl (C=O) groups is 1. The first-order valence-corrected chi connectivity index (χ1v) is 6.39. The van der Waals surface area contributed by atoms with Crippen LogP contribution in [0.4, 0.5) is 16.2 Å². The molecule has 6 nitrogen and oxygen atoms in total. The van der Waals surface area contributed by atoms with E-state index in [0.717, 1.165) is 0 Å². The lowest BCUT2D eigenvalue weighted by Crippen LogP contribution is -2.19. The molecule has 108 valence electrons. The number of benzene rings is 2. The third-order valence-electron chi connectivity index (χ3n) is 2.67. The minimum atomic E-state index is -0.416. The molecule has 2 amide bonds. The van der Waals surface area contributed by atoms with Crippen LogP contribution >= 0.6 is 0 Å². The largest absolute Gasteiger partial charge is 0.479 e. The van der Waals surface area contributed by atoms with Crippen molar-refractivity contribution in [2.45, 2.75) is 0 Å². The molecule has 2 aromatic carbocycles. The highest BCUT2D eigenvalue weighted by Crippen LogP contribution is 2.16. The van der Waals surface area contributed by atoms with Crippen molar-refractivity contribution in [3.8, 4) is 17.9 Å². The molecule has 0 bridgehead atoms. The number of urea groups is 1. The summed E-state index contributed by atoms with van der Waals surface area (Å²) in [6, 6.07) is 16.7. The molecule has 0 aliphatic rings. The number of nitrogens with one attached hydrogen (secondary N) is 2. The van der Waals surface area contributed by atoms with Gasteiger partial charge in [0.15, 0.2) is 6.61 Å². The SMILES string of the molecule is N#CCOc1ccc(NC(=O)Nc2cccc(C#N)c2)cc1. The predicted molar refractivity (Wildman–Crippen MR) is 81.3 cm³/mol. The summed E-state index contributed by atoms with van der Waals surface area (Å²) in [6.45, 7) is -0.0253. The number of anilines is 2. The van der Waals surface area contributed by atoms with Gasteiger partial charge in [-0.25, -0.2) is 4.79 Å². The molecular weight excluding hydrogens is 280 g/mol. The Morgan fingerprint density at radius 3 is 2.45 bits per heavy atom. The molecule has 0 fully saturated rings. The second kappa shape index (κ2) is 7.32. The van der Waals surface area contributed by atoms with E-state index < -0.39 is 6.03 Å². The zero-order valence-electron chi connectivity index (χ0n) is 11.5. The van der Waals surface area contributed by atoms with Gasteiger partial charge in [-0.2, -0.15) is 10.5 Å². The summed E-state index contributed by atoms with van der Waals surface area (Å²) in [5, 5.41) is 22.5. The molecule has 0 heterocycles. The molecule has 0 unspecified atom stereocenters. The number of nitrogens with zero attached hydrogens (tertiary/aromatic N) is 2. The highest BCUT2D eigenvalue weighted by Gasteiger charge is 2.03. The van der Waals surface area contributed by atoms with Crippen LogP contribution in [0.1, 0.15) is 5.56 Å². The lowest BCUT2D eigenvalue weighted by atomic mass is 10.2. The van der Waals surface area contributed by atoms with E-state index in [1.165, 1.54) is 0 Å². The Kier molecular flexibility index (Phi) is 4.95. The second-order valence-corrected chi connectivity index (χ2v) is 4.24. The number of hydrogen-bond acceptors (Lipinski definition) is 4. The third-order valence-corrected chi connectivity index (χ3v) is 2.67. The minimum Gasteiger partial charge on any atom is -0.479 e. The van der Waals surface area contributed by atoms with E-state index in [-0.39, 0.29) is 6.61 Å². The third kappa shape index (κ3) is 4.26. The van der Waals surface area contributed by atoms with Crippen LogP contribution < -0.4 is 15.4 Å². The van der Waals surface area contributed by atoms with Gasteiger partial charge < -0.3 is 15.4 Å². The average molecular weight is 292 g/mol. The van der Waals surface area contributed by atoms with Gasteiger partial charge in [-0.15, -0.1) is 0 Å². The Morgan fingerprint density at radius 2 is 1.77 bits per heavy atom. The molecule has 2 N–H and O–H groups in total. The molecule has 0 aromatic heterocycles. The van der Waals surface area contributed by atoms with E-state index in [0.29, 0.717) is 22.7 Å². The Labute approximate surface area is 127 Å². The van der Waals surface area contributed by atoms with Crippen molar-refractivity contribution < 1.29 is 9.53 Å². The van der Waals surface area contributed by atoms with Crippen LogP contribution in [0.2, 0.25) is 0 Å². The van der Waals surface area contributed by atoms with Gasteiger partial charge in [0.2, 0.25) is 0 Å². The minimum absolute atomic E-state index is 0.0253. The zero-order chi connectivity index (χ0) is 15.8. The van der Waals surface area contributed by atoms with Crippen molar-refractivity contribution in [1.29, 1.82) is 10.5 Å². The number of amides is 2. The van der Waals surface area contributed by atoms with Crippen molar-refractivity contribution >= 4 is 17.4 Å². The maximum absolute atomic E-state index is 11.9. The fourth-order valence-electron chi connectivity index (χ4n) is 1.71. The molecule has 0 atom stereocenters. The van der Waals surface area contributed by atoms with Crippen molar-refractivity contribution in [1.82, 2.24) is 0 Å². The zero-order valence-corrected chi connectivity index (χ0v) is 11.5. The molecule has 0 saturated heterocycles. The summed E-state index contributed by atoms with van der Waals surface area (Å²) in [5.74, 6) is 0.550. The van der Waals surface area contributed by atoms with Crippen LogP contribution in [0.5, 0.6) is 5.75 Å². The monoisotopic (exact) mass is 292 g/mol. The summed E-state index contributed by atoms with van der Waals surface area (Å²) < 4.78 is 5.12. The van der Waals surface area contributed by atoms with Crippen LogP contribution in [0.25, 0.3) is 0 Å². The molecule has 0 radical (unpaired) electrons. The Hall–Kier alpha value is -3.51. The topological polar surface area (TPSA) is 97.9 Å². The summed E-state index contributed by atoms with van der Waals surface area (Å²) in [4.78, 5) is 11.9. The van der Waals surface area contributed by atoms with E-state index in [4.69, 9.17) is 15.3 Å². The highest BCUT2D eigenvalue weighted by molar-refractivity contribution is 5.99. The Bertz CT molecular complexity index is 742. The van der Waals surface area contributed by atoms with Crippen molar-refractivity contribution in [3.63, 3.8) is 0 Å². The van der Waals surface area contributed by atoms with Crippen LogP contribution in [0.15, 0.2) is 48.5 Å². The predicted octanol–water partition coefficient (Wildman–Crippen LogP) is 3.10. The summed E-state index contributed by atoms with van der Waals surface area (Å²) in [7, 11) is 0. The lowest BCUT2D eigenvalue weighted by molar-refractivity contribution is 0.262. The smallest absolute Gasteiger partial charge is 0.323 e. The maximum atomic E-state index is 11.9. The van der Waals surface area contributed by atoms with E-state index >= 15 is 0 Å². The maximum Gasteiger partial charge on any atom is 0.323 e. The van der Waals surface area contributed by atoms with E-state index in [1.807, 2.05) is 12.1 Å². The van der Waals surface area contributed by atoms with Gasteiger partial charge in [0.05, 0.1) is 11.6 Å². The Balaban J connectivity index is 1.94. The first-order valence-electron chi connectivity index (χ1n) is 6.39. The lowest BCUT2D eigenvalue weighted by Gasteiger charge is -2.08. The first kappa shape index (κ1) is 14.9. The average Bonchev–Trinajstić information content (AvgIpc) is 2.54. The molecule has 0 saturated carbocycles. The number of nitriles is 2. The van der Waals surface area contributed by atoms with Crippen LogP contribution in [-0.2, 0) is 0 Å². The quantitative estimate of drug-likeness (QED) is 0.904. The van der Waals surface area contributed by atoms with Gasteiger partial charge in [0.1, 0.15) is 11.8 Å². The van der Waals surface area contributed by atoms with Crippen LogP contribution in [-0.4, -0.2) is 12.6 Å². The van der Waals surface area contributed by atoms with Gasteiger partial charge >= 0.3 is 6.03 Å². The fourth-order valence-corrected chi connectivity index (χ4v) is 1.71. The molecule has 2 aromatic rings. The van der Waals surface area contributed by atoms with E-state index in [9.17, 15) is 4.79 Å². The fraction of sp³-hybridized carbons (Fsp3) is 0.0625. The van der Waals surface area contributed by atoms with Gasteiger partial charge in [0, 0.05) is 11.4 Å². The molecule has 2 rings (SSSR count). The number of rotatable bonds is 4. The molecule has 0 spiro atoms. The van der Waals surface area contributed by atoms with Gasteiger partial charge in [-0.1, -0.05) is 6.07 Å². The molecular formula is C16H12N4O2. The number of hydrogen-bond donors (Lipinski definition) is 2. The van der Waals surface area contributed by atoms with Gasteiger partial charge in [0.25, 0.3) is 0 Å². The Morgan fingerprint density at radius 1 is 1.05 bits per heavy atom. The van der Waals surface area contributed by atoms with Crippen molar-refractivity contribution in [3.05, 3.63) is 54.1 Å². The summed E-state index contributed by atoms with van der Waals surface area (Å²) in [6.07, 6.45) is 0. The van der Waals surface area contributed by atoms with Gasteiger partial charge in [-0.3, -0.25) is 0 Å². The van der Waals surface area contributed by atoms with Gasteiger partial charge in [-0.05, 0) is 42.5 Å². The number of ether oxygens (including phenoxy) is 1. The van der Waals surface area contributed by atoms with E-state index in [1.54, 1.807) is 48.5 Å². The molecule has 6 heteroatoms. The van der Waals surface area contributed by atoms with Crippen LogP contribution in [0, 0.1) is 22.7 Å². The molecule has 0 aliphatic carbocycles. The second-order valence-electron chi connectivity index (χ2n) is 4.24. The normalized spacial score (nSPS) is 9.18. The van der Waals surface area contributed by atoms with Crippen LogP contribution in [0.3, 0.4) is 0 Å². The van der Waals surface area contributed by atoms with Crippen molar-refractivity contribution in [2.24, 2.45) is 0 Å². The van der Waals surface area contributed by atoms with E-state index in [2.05, 4.69) is 10.6 Å². The molecule has 22 heavy (non-hydrogen) atoms. The summed E-state index contributed by atoms with van der Waals surface area (Å²) >= 11 is 0.